The van der Waals surface area contributed by atoms with Gasteiger partial charge < -0.3 is 14.4 Å². The fourth-order valence-corrected chi connectivity index (χ4v) is 4.16. The van der Waals surface area contributed by atoms with Crippen LogP contribution < -0.4 is 4.74 Å². The zero-order valence-corrected chi connectivity index (χ0v) is 17.3. The van der Waals surface area contributed by atoms with Crippen molar-refractivity contribution < 1.29 is 32.2 Å². The van der Waals surface area contributed by atoms with E-state index < -0.39 is 6.36 Å². The molecule has 1 aliphatic heterocycles. The second-order valence-electron chi connectivity index (χ2n) is 6.81. The highest BCUT2D eigenvalue weighted by atomic mass is 32.1. The van der Waals surface area contributed by atoms with Crippen molar-refractivity contribution in [2.24, 2.45) is 5.92 Å². The minimum atomic E-state index is -4.75. The highest BCUT2D eigenvalue weighted by molar-refractivity contribution is 7.15. The van der Waals surface area contributed by atoms with Crippen LogP contribution in [0.4, 0.5) is 13.2 Å². The molecule has 0 spiro atoms. The summed E-state index contributed by atoms with van der Waals surface area (Å²) < 4.78 is 45.8. The van der Waals surface area contributed by atoms with Crippen LogP contribution in [-0.2, 0) is 9.53 Å². The molecule has 1 fully saturated rings. The molecule has 162 valence electrons. The van der Waals surface area contributed by atoms with Crippen LogP contribution in [0, 0.1) is 12.8 Å². The Kier molecular flexibility index (Phi) is 6.64. The summed E-state index contributed by atoms with van der Waals surface area (Å²) in [6.07, 6.45) is -3.66. The Morgan fingerprint density at radius 2 is 1.83 bits per heavy atom. The molecule has 0 bridgehead atoms. The molecule has 0 atom stereocenters. The number of nitrogens with zero attached hydrogens (tertiary/aromatic N) is 2. The first-order chi connectivity index (χ1) is 14.2. The van der Waals surface area contributed by atoms with Crippen LogP contribution in [-0.4, -0.2) is 47.8 Å². The summed E-state index contributed by atoms with van der Waals surface area (Å²) in [4.78, 5) is 31.5. The number of hydrogen-bond donors (Lipinski definition) is 0. The van der Waals surface area contributed by atoms with E-state index in [2.05, 4.69) is 9.72 Å². The Labute approximate surface area is 175 Å². The Morgan fingerprint density at radius 3 is 2.40 bits per heavy atom. The molecular weight excluding hydrogens is 421 g/mol. The summed E-state index contributed by atoms with van der Waals surface area (Å²) in [7, 11) is 0. The first-order valence-electron chi connectivity index (χ1n) is 9.47. The number of alkyl halides is 3. The van der Waals surface area contributed by atoms with Crippen LogP contribution in [0.1, 0.15) is 35.1 Å². The van der Waals surface area contributed by atoms with Gasteiger partial charge in [-0.15, -0.1) is 24.5 Å². The van der Waals surface area contributed by atoms with Crippen LogP contribution in [0.25, 0.3) is 10.6 Å². The highest BCUT2D eigenvalue weighted by Crippen LogP contribution is 2.31. The van der Waals surface area contributed by atoms with Crippen LogP contribution in [0.15, 0.2) is 24.3 Å². The van der Waals surface area contributed by atoms with E-state index in [0.717, 1.165) is 4.88 Å². The Bertz CT molecular complexity index is 904. The number of aromatic nitrogens is 1. The van der Waals surface area contributed by atoms with Crippen molar-refractivity contribution in [1.82, 2.24) is 9.88 Å². The van der Waals surface area contributed by atoms with Crippen LogP contribution in [0.3, 0.4) is 0 Å². The first kappa shape index (κ1) is 22.1. The molecule has 0 N–H and O–H groups in total. The second-order valence-corrected chi connectivity index (χ2v) is 8.02. The number of carbonyl (C=O) groups is 2. The van der Waals surface area contributed by atoms with E-state index in [-0.39, 0.29) is 23.5 Å². The Hall–Kier alpha value is -2.62. The van der Waals surface area contributed by atoms with Crippen LogP contribution in [0.5, 0.6) is 5.75 Å². The molecular formula is C20H21F3N2O4S. The smallest absolute Gasteiger partial charge is 0.466 e. The average molecular weight is 442 g/mol. The van der Waals surface area contributed by atoms with E-state index in [1.807, 2.05) is 0 Å². The molecule has 0 aliphatic carbocycles. The van der Waals surface area contributed by atoms with Gasteiger partial charge in [0.25, 0.3) is 5.91 Å². The SMILES string of the molecule is CCOC(=O)C1CCN(C(=O)c2nc(-c3ccc(OC(F)(F)F)cc3)sc2C)CC1. The van der Waals surface area contributed by atoms with E-state index in [1.165, 1.54) is 35.6 Å². The summed E-state index contributed by atoms with van der Waals surface area (Å²) in [5.74, 6) is -0.956. The number of likely N-dealkylation sites (tertiary alicyclic amines) is 1. The monoisotopic (exact) mass is 442 g/mol. The number of rotatable bonds is 5. The second kappa shape index (κ2) is 9.03. The lowest BCUT2D eigenvalue weighted by atomic mass is 9.97. The fraction of sp³-hybridized carbons (Fsp3) is 0.450. The molecule has 2 aromatic rings. The molecule has 1 aromatic heterocycles. The van der Waals surface area contributed by atoms with Gasteiger partial charge in [0, 0.05) is 23.5 Å². The topological polar surface area (TPSA) is 68.7 Å². The van der Waals surface area contributed by atoms with Crippen molar-refractivity contribution in [3.05, 3.63) is 34.8 Å². The predicted octanol–water partition coefficient (Wildman–Crippen LogP) is 4.43. The Balaban J connectivity index is 1.67. The van der Waals surface area contributed by atoms with E-state index in [0.29, 0.717) is 48.8 Å². The molecule has 1 aliphatic rings. The third kappa shape index (κ3) is 5.29. The third-order valence-electron chi connectivity index (χ3n) is 4.74. The fourth-order valence-electron chi connectivity index (χ4n) is 3.25. The summed E-state index contributed by atoms with van der Waals surface area (Å²) >= 11 is 1.30. The van der Waals surface area contributed by atoms with Crippen molar-refractivity contribution >= 4 is 23.2 Å². The maximum absolute atomic E-state index is 12.9. The lowest BCUT2D eigenvalue weighted by Gasteiger charge is -2.30. The van der Waals surface area contributed by atoms with Gasteiger partial charge in [-0.3, -0.25) is 9.59 Å². The number of halogens is 3. The van der Waals surface area contributed by atoms with Crippen LogP contribution in [0.2, 0.25) is 0 Å². The van der Waals surface area contributed by atoms with E-state index in [9.17, 15) is 22.8 Å². The molecule has 30 heavy (non-hydrogen) atoms. The van der Waals surface area contributed by atoms with E-state index >= 15 is 0 Å². The molecule has 0 radical (unpaired) electrons. The standard InChI is InChI=1S/C20H21F3N2O4S/c1-3-28-19(27)14-8-10-25(11-9-14)18(26)16-12(2)30-17(24-16)13-4-6-15(7-5-13)29-20(21,22)23/h4-7,14H,3,8-11H2,1-2H3. The number of esters is 1. The molecule has 1 saturated heterocycles. The molecule has 0 saturated carbocycles. The predicted molar refractivity (Wildman–Crippen MR) is 104 cm³/mol. The van der Waals surface area contributed by atoms with Gasteiger partial charge >= 0.3 is 12.3 Å². The van der Waals surface area contributed by atoms with Crippen molar-refractivity contribution in [3.8, 4) is 16.3 Å². The number of hydrogen-bond acceptors (Lipinski definition) is 6. The largest absolute Gasteiger partial charge is 0.573 e. The van der Waals surface area contributed by atoms with Gasteiger partial charge in [-0.1, -0.05) is 0 Å². The van der Waals surface area contributed by atoms with E-state index in [4.69, 9.17) is 4.74 Å². The maximum atomic E-state index is 12.9. The van der Waals surface area contributed by atoms with E-state index in [1.54, 1.807) is 18.7 Å². The van der Waals surface area contributed by atoms with Gasteiger partial charge in [0.05, 0.1) is 12.5 Å². The molecule has 0 unspecified atom stereocenters. The maximum Gasteiger partial charge on any atom is 0.573 e. The number of piperidine rings is 1. The number of ether oxygens (including phenoxy) is 2. The quantitative estimate of drug-likeness (QED) is 0.641. The molecule has 3 rings (SSSR count). The van der Waals surface area contributed by atoms with Crippen LogP contribution >= 0.6 is 11.3 Å². The zero-order valence-electron chi connectivity index (χ0n) is 16.5. The minimum Gasteiger partial charge on any atom is -0.466 e. The molecule has 1 amide bonds. The van der Waals surface area contributed by atoms with Gasteiger partial charge in [0.2, 0.25) is 0 Å². The van der Waals surface area contributed by atoms with Crippen molar-refractivity contribution in [2.75, 3.05) is 19.7 Å². The molecule has 2 heterocycles. The number of carbonyl (C=O) groups excluding carboxylic acids is 2. The van der Waals surface area contributed by atoms with Gasteiger partial charge in [-0.05, 0) is 51.0 Å². The number of amides is 1. The number of thiazole rings is 1. The van der Waals surface area contributed by atoms with Crippen molar-refractivity contribution in [1.29, 1.82) is 0 Å². The molecule has 1 aromatic carbocycles. The Morgan fingerprint density at radius 1 is 1.20 bits per heavy atom. The molecule has 6 nitrogen and oxygen atoms in total. The average Bonchev–Trinajstić information content (AvgIpc) is 3.08. The lowest BCUT2D eigenvalue weighted by Crippen LogP contribution is -2.41. The van der Waals surface area contributed by atoms with Crippen molar-refractivity contribution in [2.45, 2.75) is 33.1 Å². The molecule has 10 heteroatoms. The van der Waals surface area contributed by atoms with Gasteiger partial charge in [0.1, 0.15) is 16.5 Å². The summed E-state index contributed by atoms with van der Waals surface area (Å²) in [5, 5.41) is 0.538. The van der Waals surface area contributed by atoms with Gasteiger partial charge in [-0.2, -0.15) is 0 Å². The van der Waals surface area contributed by atoms with Gasteiger partial charge in [-0.25, -0.2) is 4.98 Å². The normalized spacial score (nSPS) is 15.2. The summed E-state index contributed by atoms with van der Waals surface area (Å²) in [6.45, 7) is 4.76. The number of aryl methyl sites for hydroxylation is 1. The van der Waals surface area contributed by atoms with Gasteiger partial charge in [0.15, 0.2) is 0 Å². The highest BCUT2D eigenvalue weighted by Gasteiger charge is 2.32. The zero-order chi connectivity index (χ0) is 21.9. The third-order valence-corrected chi connectivity index (χ3v) is 5.76. The summed E-state index contributed by atoms with van der Waals surface area (Å²) in [6, 6.07) is 5.36. The summed E-state index contributed by atoms with van der Waals surface area (Å²) in [5.41, 5.74) is 0.915. The number of benzene rings is 1. The lowest BCUT2D eigenvalue weighted by molar-refractivity contribution is -0.274. The first-order valence-corrected chi connectivity index (χ1v) is 10.3. The minimum absolute atomic E-state index is 0.196. The van der Waals surface area contributed by atoms with Crippen molar-refractivity contribution in [3.63, 3.8) is 0 Å².